The Balaban J connectivity index is 2.21. The molecule has 3 rings (SSSR count). The Hall–Kier alpha value is -2.51. The van der Waals surface area contributed by atoms with E-state index in [0.29, 0.717) is 22.5 Å². The predicted molar refractivity (Wildman–Crippen MR) is 67.4 cm³/mol. The van der Waals surface area contributed by atoms with Crippen LogP contribution in [0.3, 0.4) is 0 Å². The van der Waals surface area contributed by atoms with Crippen molar-refractivity contribution in [1.29, 1.82) is 0 Å². The average Bonchev–Trinajstić information content (AvgIpc) is 2.91. The van der Waals surface area contributed by atoms with Crippen LogP contribution in [0.5, 0.6) is 0 Å². The molecule has 0 aliphatic rings. The van der Waals surface area contributed by atoms with Gasteiger partial charge in [-0.25, -0.2) is 4.68 Å². The molecule has 3 N–H and O–H groups in total. The van der Waals surface area contributed by atoms with Gasteiger partial charge in [-0.15, -0.1) is 0 Å². The summed E-state index contributed by atoms with van der Waals surface area (Å²) in [6, 6.07) is 4.90. The zero-order valence-electron chi connectivity index (χ0n) is 10.4. The molecule has 20 heavy (non-hydrogen) atoms. The summed E-state index contributed by atoms with van der Waals surface area (Å²) in [4.78, 5) is 0. The van der Waals surface area contributed by atoms with Crippen molar-refractivity contribution in [1.82, 2.24) is 20.0 Å². The lowest BCUT2D eigenvalue weighted by molar-refractivity contribution is -0.137. The lowest BCUT2D eigenvalue weighted by Crippen LogP contribution is -2.06. The highest BCUT2D eigenvalue weighted by Gasteiger charge is 2.30. The van der Waals surface area contributed by atoms with Crippen molar-refractivity contribution in [3.63, 3.8) is 0 Å². The van der Waals surface area contributed by atoms with Crippen LogP contribution in [0, 0.1) is 6.92 Å². The van der Waals surface area contributed by atoms with Crippen molar-refractivity contribution in [3.05, 3.63) is 35.5 Å². The molecule has 0 aliphatic carbocycles. The Morgan fingerprint density at radius 1 is 1.30 bits per heavy atom. The van der Waals surface area contributed by atoms with Crippen LogP contribution >= 0.6 is 0 Å². The van der Waals surface area contributed by atoms with E-state index in [1.54, 1.807) is 6.92 Å². The van der Waals surface area contributed by atoms with Crippen LogP contribution in [0.4, 0.5) is 19.0 Å². The van der Waals surface area contributed by atoms with Crippen LogP contribution in [-0.4, -0.2) is 20.0 Å². The fourth-order valence-electron chi connectivity index (χ4n) is 2.10. The summed E-state index contributed by atoms with van der Waals surface area (Å²) in [7, 11) is 0. The first-order valence-corrected chi connectivity index (χ1v) is 5.75. The van der Waals surface area contributed by atoms with E-state index in [1.165, 1.54) is 16.8 Å². The Morgan fingerprint density at radius 2 is 2.05 bits per heavy atom. The van der Waals surface area contributed by atoms with Crippen molar-refractivity contribution >= 4 is 16.9 Å². The number of hydrogen-bond donors (Lipinski definition) is 2. The predicted octanol–water partition coefficient (Wildman–Crippen LogP) is 2.66. The molecule has 2 aromatic heterocycles. The first-order valence-electron chi connectivity index (χ1n) is 5.75. The zero-order valence-corrected chi connectivity index (χ0v) is 10.4. The molecule has 3 aromatic rings. The van der Waals surface area contributed by atoms with Gasteiger partial charge in [-0.1, -0.05) is 6.07 Å². The maximum atomic E-state index is 12.7. The summed E-state index contributed by atoms with van der Waals surface area (Å²) in [5, 5.41) is 11.4. The number of rotatable bonds is 1. The number of aromatic amines is 1. The smallest absolute Gasteiger partial charge is 0.383 e. The quantitative estimate of drug-likeness (QED) is 0.720. The second-order valence-electron chi connectivity index (χ2n) is 4.38. The van der Waals surface area contributed by atoms with E-state index in [1.807, 2.05) is 0 Å². The van der Waals surface area contributed by atoms with Crippen LogP contribution in [0.2, 0.25) is 0 Å². The van der Waals surface area contributed by atoms with E-state index >= 15 is 0 Å². The Morgan fingerprint density at radius 3 is 2.75 bits per heavy atom. The summed E-state index contributed by atoms with van der Waals surface area (Å²) in [6.07, 6.45) is -4.40. The van der Waals surface area contributed by atoms with Gasteiger partial charge in [-0.2, -0.15) is 23.4 Å². The van der Waals surface area contributed by atoms with Gasteiger partial charge in [-0.3, -0.25) is 5.10 Å². The highest BCUT2D eigenvalue weighted by molar-refractivity contribution is 5.89. The Kier molecular flexibility index (Phi) is 2.50. The number of nitrogen functional groups attached to an aromatic ring is 1. The van der Waals surface area contributed by atoms with E-state index in [0.717, 1.165) is 12.1 Å². The van der Waals surface area contributed by atoms with Gasteiger partial charge >= 0.3 is 6.18 Å². The second-order valence-corrected chi connectivity index (χ2v) is 4.38. The van der Waals surface area contributed by atoms with Crippen LogP contribution in [0.25, 0.3) is 16.7 Å². The number of aromatic nitrogens is 4. The van der Waals surface area contributed by atoms with Crippen LogP contribution in [0.1, 0.15) is 11.3 Å². The molecular formula is C12H10F3N5. The minimum Gasteiger partial charge on any atom is -0.383 e. The largest absolute Gasteiger partial charge is 0.416 e. The molecule has 0 atom stereocenters. The number of benzene rings is 1. The topological polar surface area (TPSA) is 72.5 Å². The number of aryl methyl sites for hydroxylation is 1. The maximum Gasteiger partial charge on any atom is 0.416 e. The first-order chi connectivity index (χ1) is 9.38. The third kappa shape index (κ3) is 1.80. The first kappa shape index (κ1) is 12.5. The normalized spacial score (nSPS) is 12.2. The molecule has 0 saturated heterocycles. The fraction of sp³-hybridized carbons (Fsp3) is 0.167. The molecule has 0 amide bonds. The summed E-state index contributed by atoms with van der Waals surface area (Å²) >= 11 is 0. The molecule has 8 heteroatoms. The van der Waals surface area contributed by atoms with Crippen molar-refractivity contribution in [3.8, 4) is 5.69 Å². The standard InChI is InChI=1S/C12H10F3N5/c1-6-9-10(16)17-18-11(9)20(19-6)8-4-2-3-7(5-8)12(13,14)15/h2-5H,1H3,(H3,16,17,18). The molecule has 0 spiro atoms. The molecule has 0 radical (unpaired) electrons. The van der Waals surface area contributed by atoms with Gasteiger partial charge in [0.25, 0.3) is 0 Å². The van der Waals surface area contributed by atoms with E-state index in [2.05, 4.69) is 15.3 Å². The molecule has 0 bridgehead atoms. The summed E-state index contributed by atoms with van der Waals surface area (Å²) in [5.41, 5.74) is 6.26. The number of H-pyrrole nitrogens is 1. The number of hydrogen-bond acceptors (Lipinski definition) is 3. The molecule has 0 saturated carbocycles. The summed E-state index contributed by atoms with van der Waals surface area (Å²) < 4.78 is 39.5. The molecule has 0 aliphatic heterocycles. The van der Waals surface area contributed by atoms with Gasteiger partial charge < -0.3 is 5.73 Å². The molecular weight excluding hydrogens is 271 g/mol. The van der Waals surface area contributed by atoms with E-state index in [-0.39, 0.29) is 5.69 Å². The van der Waals surface area contributed by atoms with Crippen LogP contribution < -0.4 is 5.73 Å². The number of nitrogens with one attached hydrogen (secondary N) is 1. The molecule has 104 valence electrons. The number of nitrogens with zero attached hydrogens (tertiary/aromatic N) is 3. The van der Waals surface area contributed by atoms with Gasteiger partial charge in [0.05, 0.1) is 22.3 Å². The Labute approximate surface area is 111 Å². The van der Waals surface area contributed by atoms with Gasteiger partial charge in [0.1, 0.15) is 5.82 Å². The Bertz CT molecular complexity index is 784. The maximum absolute atomic E-state index is 12.7. The monoisotopic (exact) mass is 281 g/mol. The van der Waals surface area contributed by atoms with Gasteiger partial charge in [0.2, 0.25) is 0 Å². The van der Waals surface area contributed by atoms with E-state index in [4.69, 9.17) is 5.73 Å². The fourth-order valence-corrected chi connectivity index (χ4v) is 2.10. The van der Waals surface area contributed by atoms with Gasteiger partial charge in [0, 0.05) is 0 Å². The number of fused-ring (bicyclic) bond motifs is 1. The van der Waals surface area contributed by atoms with Crippen molar-refractivity contribution < 1.29 is 13.2 Å². The van der Waals surface area contributed by atoms with Crippen LogP contribution in [0.15, 0.2) is 24.3 Å². The lowest BCUT2D eigenvalue weighted by atomic mass is 10.2. The number of halogens is 3. The minimum atomic E-state index is -4.40. The van der Waals surface area contributed by atoms with E-state index in [9.17, 15) is 13.2 Å². The lowest BCUT2D eigenvalue weighted by Gasteiger charge is -2.08. The van der Waals surface area contributed by atoms with Crippen molar-refractivity contribution in [2.24, 2.45) is 0 Å². The molecule has 1 aromatic carbocycles. The minimum absolute atomic E-state index is 0.282. The van der Waals surface area contributed by atoms with Crippen molar-refractivity contribution in [2.75, 3.05) is 5.73 Å². The van der Waals surface area contributed by atoms with Gasteiger partial charge in [-0.05, 0) is 25.1 Å². The average molecular weight is 281 g/mol. The SMILES string of the molecule is Cc1nn(-c2cccc(C(F)(F)F)c2)c2n[nH]c(N)c12. The van der Waals surface area contributed by atoms with E-state index < -0.39 is 11.7 Å². The summed E-state index contributed by atoms with van der Waals surface area (Å²) in [6.45, 7) is 1.72. The number of alkyl halides is 3. The molecule has 0 fully saturated rings. The van der Waals surface area contributed by atoms with Gasteiger partial charge in [0.15, 0.2) is 5.65 Å². The molecule has 0 unspecified atom stereocenters. The highest BCUT2D eigenvalue weighted by Crippen LogP contribution is 2.31. The van der Waals surface area contributed by atoms with Crippen molar-refractivity contribution in [2.45, 2.75) is 13.1 Å². The second kappa shape index (κ2) is 3.99. The number of nitrogens with two attached hydrogens (primary N) is 1. The number of anilines is 1. The zero-order chi connectivity index (χ0) is 14.5. The molecule has 5 nitrogen and oxygen atoms in total. The molecule has 2 heterocycles. The third-order valence-corrected chi connectivity index (χ3v) is 3.01. The highest BCUT2D eigenvalue weighted by atomic mass is 19.4. The summed E-state index contributed by atoms with van der Waals surface area (Å²) in [5.74, 6) is 0.343. The van der Waals surface area contributed by atoms with Crippen LogP contribution in [-0.2, 0) is 6.18 Å². The third-order valence-electron chi connectivity index (χ3n) is 3.01.